The molecule has 0 radical (unpaired) electrons. The molecule has 2 heteroatoms. The zero-order valence-corrected chi connectivity index (χ0v) is 9.67. The van der Waals surface area contributed by atoms with Crippen molar-refractivity contribution in [2.24, 2.45) is 0 Å². The fraction of sp³-hybridized carbons (Fsp3) is 1.00. The third-order valence-electron chi connectivity index (χ3n) is 1.60. The van der Waals surface area contributed by atoms with Gasteiger partial charge < -0.3 is 0 Å². The Morgan fingerprint density at radius 3 is 1.80 bits per heavy atom. The number of rotatable bonds is 4. The van der Waals surface area contributed by atoms with Crippen LogP contribution >= 0.6 is 15.8 Å². The average Bonchev–Trinajstić information content (AvgIpc) is 1.81. The molecule has 62 valence electrons. The van der Waals surface area contributed by atoms with Crippen molar-refractivity contribution in [1.29, 1.82) is 0 Å². The van der Waals surface area contributed by atoms with Gasteiger partial charge in [0.1, 0.15) is 0 Å². The molecule has 0 heterocycles. The van der Waals surface area contributed by atoms with E-state index in [0.29, 0.717) is 15.8 Å². The molecule has 0 aromatic rings. The minimum Gasteiger partial charge on any atom is -0.109 e. The highest BCUT2D eigenvalue weighted by Gasteiger charge is 2.10. The van der Waals surface area contributed by atoms with Crippen molar-refractivity contribution in [2.75, 3.05) is 25.4 Å². The molecule has 0 bridgehead atoms. The minimum absolute atomic E-state index is 0.351. The van der Waals surface area contributed by atoms with Gasteiger partial charge in [-0.1, -0.05) is 28.7 Å². The van der Waals surface area contributed by atoms with Gasteiger partial charge in [-0.15, -0.1) is 7.92 Å². The van der Waals surface area contributed by atoms with Crippen LogP contribution in [0.3, 0.4) is 0 Å². The van der Waals surface area contributed by atoms with Crippen molar-refractivity contribution < 1.29 is 0 Å². The summed E-state index contributed by atoms with van der Waals surface area (Å²) in [6.45, 7) is 11.9. The smallest absolute Gasteiger partial charge is 0.0123 e. The van der Waals surface area contributed by atoms with Crippen LogP contribution in [-0.2, 0) is 0 Å². The molecule has 0 rings (SSSR count). The zero-order chi connectivity index (χ0) is 8.15. The highest BCUT2D eigenvalue weighted by atomic mass is 31.2. The lowest BCUT2D eigenvalue weighted by Gasteiger charge is -2.21. The van der Waals surface area contributed by atoms with Crippen molar-refractivity contribution in [2.45, 2.75) is 26.4 Å². The predicted octanol–water partition coefficient (Wildman–Crippen LogP) is 3.60. The molecule has 0 saturated carbocycles. The third-order valence-corrected chi connectivity index (χ3v) is 7.59. The second kappa shape index (κ2) is 5.50. The lowest BCUT2D eigenvalue weighted by molar-refractivity contribution is 1.08. The molecule has 10 heavy (non-hydrogen) atoms. The van der Waals surface area contributed by atoms with Gasteiger partial charge in [0.2, 0.25) is 0 Å². The van der Waals surface area contributed by atoms with Gasteiger partial charge in [0, 0.05) is 0 Å². The average molecular weight is 178 g/mol. The van der Waals surface area contributed by atoms with Crippen LogP contribution in [0, 0.1) is 0 Å². The molecule has 0 aliphatic carbocycles. The summed E-state index contributed by atoms with van der Waals surface area (Å²) in [6.07, 6.45) is 1.42. The summed E-state index contributed by atoms with van der Waals surface area (Å²) in [4.78, 5) is 0. The quantitative estimate of drug-likeness (QED) is 0.577. The van der Waals surface area contributed by atoms with E-state index in [9.17, 15) is 0 Å². The van der Waals surface area contributed by atoms with Crippen LogP contribution in [0.1, 0.15) is 20.8 Å². The second-order valence-electron chi connectivity index (χ2n) is 3.22. The monoisotopic (exact) mass is 178 g/mol. The summed E-state index contributed by atoms with van der Waals surface area (Å²) in [5.74, 6) is 1.53. The van der Waals surface area contributed by atoms with Gasteiger partial charge in [0.25, 0.3) is 0 Å². The summed E-state index contributed by atoms with van der Waals surface area (Å²) >= 11 is 0. The first kappa shape index (κ1) is 10.9. The highest BCUT2D eigenvalue weighted by Crippen LogP contribution is 2.49. The Labute approximate surface area is 68.3 Å². The molecule has 0 aliphatic heterocycles. The van der Waals surface area contributed by atoms with Gasteiger partial charge in [-0.2, -0.15) is 0 Å². The van der Waals surface area contributed by atoms with Crippen LogP contribution in [0.15, 0.2) is 0 Å². The number of hydrogen-bond acceptors (Lipinski definition) is 0. The van der Waals surface area contributed by atoms with Gasteiger partial charge in [0.15, 0.2) is 0 Å². The molecule has 0 spiro atoms. The Bertz CT molecular complexity index is 79.3. The molecule has 0 nitrogen and oxygen atoms in total. The van der Waals surface area contributed by atoms with Crippen LogP contribution in [0.25, 0.3) is 0 Å². The topological polar surface area (TPSA) is 0 Å². The van der Waals surface area contributed by atoms with E-state index in [1.54, 1.807) is 0 Å². The molecule has 0 aromatic carbocycles. The van der Waals surface area contributed by atoms with Crippen molar-refractivity contribution in [3.63, 3.8) is 0 Å². The summed E-state index contributed by atoms with van der Waals surface area (Å²) in [7, 11) is 0.723. The Morgan fingerprint density at radius 1 is 1.20 bits per heavy atom. The Hall–Kier alpha value is 0.860. The standard InChI is InChI=1S/C8H20P2/c1-6-10(8(2)3)7-9(4)5/h8H,6-7H2,1-5H3. The highest BCUT2D eigenvalue weighted by molar-refractivity contribution is 7.74. The third kappa shape index (κ3) is 4.64. The van der Waals surface area contributed by atoms with E-state index in [4.69, 9.17) is 0 Å². The first-order valence-electron chi connectivity index (χ1n) is 3.96. The predicted molar refractivity (Wildman–Crippen MR) is 56.2 cm³/mol. The van der Waals surface area contributed by atoms with Crippen LogP contribution in [0.2, 0.25) is 0 Å². The largest absolute Gasteiger partial charge is 0.109 e. The number of hydrogen-bond donors (Lipinski definition) is 0. The zero-order valence-electron chi connectivity index (χ0n) is 7.89. The van der Waals surface area contributed by atoms with E-state index in [0.717, 1.165) is 5.66 Å². The summed E-state index contributed by atoms with van der Waals surface area (Å²) in [6, 6.07) is 0. The molecule has 0 fully saturated rings. The van der Waals surface area contributed by atoms with Gasteiger partial charge in [0.05, 0.1) is 0 Å². The molecule has 0 N–H and O–H groups in total. The molecule has 0 aliphatic rings. The van der Waals surface area contributed by atoms with Gasteiger partial charge in [-0.3, -0.25) is 0 Å². The molecule has 1 unspecified atom stereocenters. The van der Waals surface area contributed by atoms with Crippen molar-refractivity contribution in [3.05, 3.63) is 0 Å². The summed E-state index contributed by atoms with van der Waals surface area (Å²) in [5, 5.41) is 0. The van der Waals surface area contributed by atoms with Crippen molar-refractivity contribution in [1.82, 2.24) is 0 Å². The molecular weight excluding hydrogens is 158 g/mol. The van der Waals surface area contributed by atoms with Crippen LogP contribution < -0.4 is 0 Å². The van der Waals surface area contributed by atoms with E-state index in [1.807, 2.05) is 0 Å². The van der Waals surface area contributed by atoms with E-state index >= 15 is 0 Å². The first-order chi connectivity index (χ1) is 4.57. The van der Waals surface area contributed by atoms with Gasteiger partial charge in [-0.05, 0) is 31.1 Å². The van der Waals surface area contributed by atoms with Gasteiger partial charge >= 0.3 is 0 Å². The van der Waals surface area contributed by atoms with Crippen molar-refractivity contribution in [3.8, 4) is 0 Å². The van der Waals surface area contributed by atoms with Crippen molar-refractivity contribution >= 4 is 15.8 Å². The Kier molecular flexibility index (Phi) is 5.98. The van der Waals surface area contributed by atoms with E-state index in [2.05, 4.69) is 34.1 Å². The fourth-order valence-electron chi connectivity index (χ4n) is 0.992. The normalized spacial score (nSPS) is 14.7. The lowest BCUT2D eigenvalue weighted by Crippen LogP contribution is -1.97. The maximum atomic E-state index is 2.39. The van der Waals surface area contributed by atoms with Crippen LogP contribution in [-0.4, -0.2) is 31.1 Å². The van der Waals surface area contributed by atoms with Gasteiger partial charge in [-0.25, -0.2) is 0 Å². The van der Waals surface area contributed by atoms with Crippen LogP contribution in [0.4, 0.5) is 0 Å². The Balaban J connectivity index is 3.60. The second-order valence-corrected chi connectivity index (χ2v) is 9.35. The first-order valence-corrected chi connectivity index (χ1v) is 8.17. The molecule has 0 saturated heterocycles. The van der Waals surface area contributed by atoms with E-state index < -0.39 is 0 Å². The maximum Gasteiger partial charge on any atom is -0.0123 e. The molecule has 0 amide bonds. The summed E-state index contributed by atoms with van der Waals surface area (Å²) < 4.78 is 0. The molecular formula is C8H20P2. The van der Waals surface area contributed by atoms with Crippen LogP contribution in [0.5, 0.6) is 0 Å². The van der Waals surface area contributed by atoms with E-state index in [-0.39, 0.29) is 0 Å². The summed E-state index contributed by atoms with van der Waals surface area (Å²) in [5.41, 5.74) is 0.949. The SMILES string of the molecule is CCP(CP(C)C)C(C)C. The Morgan fingerprint density at radius 2 is 1.70 bits per heavy atom. The lowest BCUT2D eigenvalue weighted by atomic mass is 10.6. The van der Waals surface area contributed by atoms with E-state index in [1.165, 1.54) is 12.1 Å². The minimum atomic E-state index is 0.351. The molecule has 0 aromatic heterocycles. The molecule has 1 atom stereocenters. The fourth-order valence-corrected chi connectivity index (χ4v) is 6.73. The maximum absolute atomic E-state index is 2.39.